The highest BCUT2D eigenvalue weighted by atomic mass is 19.3. The second-order valence-electron chi connectivity index (χ2n) is 10.2. The number of H-pyrrole nitrogens is 1. The van der Waals surface area contributed by atoms with Crippen molar-refractivity contribution in [2.24, 2.45) is 5.41 Å². The Balaban J connectivity index is 1.20. The first-order chi connectivity index (χ1) is 17.3. The summed E-state index contributed by atoms with van der Waals surface area (Å²) >= 11 is 0. The first-order valence-corrected chi connectivity index (χ1v) is 12.3. The van der Waals surface area contributed by atoms with E-state index in [0.717, 1.165) is 55.3 Å². The number of carbonyl (C=O) groups is 1. The molecule has 4 aromatic heterocycles. The van der Waals surface area contributed by atoms with Gasteiger partial charge in [-0.1, -0.05) is 6.92 Å². The first-order valence-electron chi connectivity index (χ1n) is 12.3. The number of nitrogens with zero attached hydrogens (tertiary/aromatic N) is 6. The summed E-state index contributed by atoms with van der Waals surface area (Å²) in [5.41, 5.74) is 2.96. The van der Waals surface area contributed by atoms with Gasteiger partial charge < -0.3 is 19.8 Å². The van der Waals surface area contributed by atoms with E-state index in [1.54, 1.807) is 19.3 Å². The molecule has 0 unspecified atom stereocenters. The summed E-state index contributed by atoms with van der Waals surface area (Å²) in [4.78, 5) is 35.8. The Kier molecular flexibility index (Phi) is 5.38. The van der Waals surface area contributed by atoms with Crippen molar-refractivity contribution in [1.29, 1.82) is 0 Å². The number of hydrogen-bond acceptors (Lipinski definition) is 6. The molecule has 1 aliphatic carbocycles. The summed E-state index contributed by atoms with van der Waals surface area (Å²) in [6.45, 7) is 5.07. The van der Waals surface area contributed by atoms with Crippen molar-refractivity contribution in [3.63, 3.8) is 0 Å². The van der Waals surface area contributed by atoms with Crippen molar-refractivity contribution < 1.29 is 13.6 Å². The summed E-state index contributed by atoms with van der Waals surface area (Å²) in [6.07, 6.45) is 6.48. The van der Waals surface area contributed by atoms with Crippen LogP contribution in [0.15, 0.2) is 24.7 Å². The highest BCUT2D eigenvalue weighted by Gasteiger charge is 2.48. The first kappa shape index (κ1) is 22.8. The Bertz CT molecular complexity index is 1450. The summed E-state index contributed by atoms with van der Waals surface area (Å²) in [5, 5.41) is 4.17. The molecule has 2 fully saturated rings. The van der Waals surface area contributed by atoms with Crippen molar-refractivity contribution in [3.8, 4) is 11.1 Å². The van der Waals surface area contributed by atoms with Crippen LogP contribution in [0, 0.1) is 12.3 Å². The SMILES string of the molecule is Cc1nc2ncc(-c3c[nH]c4nc(N[C@H]5C[C@@](C)(C(=O)N6CCCC6)C5)ncc34)cc2n1CC(F)F. The molecule has 0 aromatic carbocycles. The zero-order chi connectivity index (χ0) is 25.0. The second-order valence-corrected chi connectivity index (χ2v) is 10.2. The number of pyridine rings is 1. The molecule has 1 amide bonds. The lowest BCUT2D eigenvalue weighted by Crippen LogP contribution is -2.53. The maximum atomic E-state index is 13.1. The van der Waals surface area contributed by atoms with Gasteiger partial charge in [0.15, 0.2) is 5.65 Å². The minimum atomic E-state index is -2.48. The summed E-state index contributed by atoms with van der Waals surface area (Å²) < 4.78 is 27.7. The number of likely N-dealkylation sites (tertiary alicyclic amines) is 1. The van der Waals surface area contributed by atoms with Crippen LogP contribution in [0.3, 0.4) is 0 Å². The van der Waals surface area contributed by atoms with Gasteiger partial charge in [0.25, 0.3) is 6.43 Å². The van der Waals surface area contributed by atoms with Gasteiger partial charge >= 0.3 is 0 Å². The molecule has 36 heavy (non-hydrogen) atoms. The van der Waals surface area contributed by atoms with Gasteiger partial charge in [0.05, 0.1) is 17.5 Å². The highest BCUT2D eigenvalue weighted by Crippen LogP contribution is 2.44. The van der Waals surface area contributed by atoms with E-state index >= 15 is 0 Å². The summed E-state index contributed by atoms with van der Waals surface area (Å²) in [5.74, 6) is 1.28. The maximum absolute atomic E-state index is 13.1. The lowest BCUT2D eigenvalue weighted by atomic mass is 9.66. The van der Waals surface area contributed by atoms with Crippen LogP contribution in [-0.4, -0.2) is 65.9 Å². The van der Waals surface area contributed by atoms with Crippen molar-refractivity contribution >= 4 is 34.1 Å². The van der Waals surface area contributed by atoms with Gasteiger partial charge in [-0.3, -0.25) is 4.79 Å². The average Bonchev–Trinajstić information content (AvgIpc) is 3.56. The fraction of sp³-hybridized carbons (Fsp3) is 0.480. The highest BCUT2D eigenvalue weighted by molar-refractivity contribution is 5.95. The molecular formula is C25H28F2N8O. The standard InChI is InChI=1S/C25H28F2N8O/c1-14-31-22-19(35(14)13-20(26)27)7-15(10-28-22)17-11-29-21-18(17)12-30-24(33-21)32-16-8-25(2,9-16)23(36)34-5-3-4-6-34/h7,10-12,16,20H,3-6,8-9,13H2,1-2H3,(H2,29,30,32,33)/t16-,25+. The molecule has 1 saturated heterocycles. The van der Waals surface area contributed by atoms with Gasteiger partial charge in [-0.15, -0.1) is 0 Å². The Labute approximate surface area is 206 Å². The predicted molar refractivity (Wildman–Crippen MR) is 132 cm³/mol. The van der Waals surface area contributed by atoms with Gasteiger partial charge in [-0.2, -0.15) is 4.98 Å². The summed E-state index contributed by atoms with van der Waals surface area (Å²) in [7, 11) is 0. The van der Waals surface area contributed by atoms with E-state index < -0.39 is 13.0 Å². The fourth-order valence-corrected chi connectivity index (χ4v) is 5.64. The average molecular weight is 495 g/mol. The molecule has 4 aromatic rings. The summed E-state index contributed by atoms with van der Waals surface area (Å²) in [6, 6.07) is 1.98. The van der Waals surface area contributed by atoms with E-state index in [1.165, 1.54) is 4.57 Å². The molecule has 9 nitrogen and oxygen atoms in total. The molecule has 1 saturated carbocycles. The third kappa shape index (κ3) is 3.86. The molecule has 0 bridgehead atoms. The number of anilines is 1. The lowest BCUT2D eigenvalue weighted by molar-refractivity contribution is -0.145. The van der Waals surface area contributed by atoms with Crippen LogP contribution in [-0.2, 0) is 11.3 Å². The minimum Gasteiger partial charge on any atom is -0.351 e. The fourth-order valence-electron chi connectivity index (χ4n) is 5.64. The molecule has 1 aliphatic heterocycles. The number of halogens is 2. The van der Waals surface area contributed by atoms with Crippen LogP contribution < -0.4 is 5.32 Å². The number of aromatic amines is 1. The van der Waals surface area contributed by atoms with Crippen LogP contribution in [0.25, 0.3) is 33.3 Å². The molecule has 188 valence electrons. The molecule has 0 radical (unpaired) electrons. The van der Waals surface area contributed by atoms with E-state index in [4.69, 9.17) is 0 Å². The topological polar surface area (TPSA) is 105 Å². The van der Waals surface area contributed by atoms with Gasteiger partial charge in [0.1, 0.15) is 11.5 Å². The van der Waals surface area contributed by atoms with Crippen molar-refractivity contribution in [1.82, 2.24) is 34.4 Å². The number of carbonyl (C=O) groups excluding carboxylic acids is 1. The Morgan fingerprint density at radius 3 is 2.75 bits per heavy atom. The van der Waals surface area contributed by atoms with E-state index in [9.17, 15) is 13.6 Å². The smallest absolute Gasteiger partial charge is 0.256 e. The molecule has 2 N–H and O–H groups in total. The van der Waals surface area contributed by atoms with Crippen LogP contribution >= 0.6 is 0 Å². The van der Waals surface area contributed by atoms with Crippen LogP contribution in [0.5, 0.6) is 0 Å². The van der Waals surface area contributed by atoms with E-state index in [2.05, 4.69) is 30.2 Å². The van der Waals surface area contributed by atoms with Crippen LogP contribution in [0.2, 0.25) is 0 Å². The van der Waals surface area contributed by atoms with Crippen LogP contribution in [0.4, 0.5) is 14.7 Å². The zero-order valence-electron chi connectivity index (χ0n) is 20.3. The van der Waals surface area contributed by atoms with E-state index in [0.29, 0.717) is 28.6 Å². The van der Waals surface area contributed by atoms with Crippen LogP contribution in [0.1, 0.15) is 38.4 Å². The predicted octanol–water partition coefficient (Wildman–Crippen LogP) is 4.15. The quantitative estimate of drug-likeness (QED) is 0.417. The number of alkyl halides is 2. The Hall–Kier alpha value is -3.63. The number of aryl methyl sites for hydroxylation is 1. The second kappa shape index (κ2) is 8.49. The third-order valence-corrected chi connectivity index (χ3v) is 7.50. The number of nitrogens with one attached hydrogen (secondary N) is 2. The molecule has 11 heteroatoms. The van der Waals surface area contributed by atoms with Crippen molar-refractivity contribution in [2.75, 3.05) is 18.4 Å². The van der Waals surface area contributed by atoms with Gasteiger partial charge in [-0.05, 0) is 38.7 Å². The van der Waals surface area contributed by atoms with Gasteiger partial charge in [0.2, 0.25) is 11.9 Å². The lowest BCUT2D eigenvalue weighted by Gasteiger charge is -2.45. The Morgan fingerprint density at radius 1 is 1.22 bits per heavy atom. The Morgan fingerprint density at radius 2 is 2.00 bits per heavy atom. The zero-order valence-corrected chi connectivity index (χ0v) is 20.3. The normalized spacial score (nSPS) is 22.0. The third-order valence-electron chi connectivity index (χ3n) is 7.50. The number of fused-ring (bicyclic) bond motifs is 2. The molecular weight excluding hydrogens is 466 g/mol. The van der Waals surface area contributed by atoms with E-state index in [-0.39, 0.29) is 17.4 Å². The minimum absolute atomic E-state index is 0.151. The molecule has 0 spiro atoms. The molecule has 5 heterocycles. The number of imidazole rings is 1. The largest absolute Gasteiger partial charge is 0.351 e. The molecule has 6 rings (SSSR count). The van der Waals surface area contributed by atoms with Gasteiger partial charge in [-0.25, -0.2) is 23.7 Å². The number of amides is 1. The molecule has 2 aliphatic rings. The van der Waals surface area contributed by atoms with E-state index in [1.807, 2.05) is 24.1 Å². The van der Waals surface area contributed by atoms with Crippen molar-refractivity contribution in [2.45, 2.75) is 58.5 Å². The molecule has 0 atom stereocenters. The van der Waals surface area contributed by atoms with Crippen molar-refractivity contribution in [3.05, 3.63) is 30.5 Å². The number of hydrogen-bond donors (Lipinski definition) is 2. The maximum Gasteiger partial charge on any atom is 0.256 e. The number of aromatic nitrogens is 6. The number of rotatable bonds is 6. The monoisotopic (exact) mass is 494 g/mol. The van der Waals surface area contributed by atoms with Gasteiger partial charge in [0, 0.05) is 54.2 Å².